The van der Waals surface area contributed by atoms with Gasteiger partial charge in [0.05, 0.1) is 11.6 Å². The molecule has 0 spiro atoms. The summed E-state index contributed by atoms with van der Waals surface area (Å²) in [5.41, 5.74) is 5.19. The quantitative estimate of drug-likeness (QED) is 0.786. The van der Waals surface area contributed by atoms with Crippen molar-refractivity contribution in [1.29, 1.82) is 5.26 Å². The van der Waals surface area contributed by atoms with E-state index in [9.17, 15) is 4.79 Å². The summed E-state index contributed by atoms with van der Waals surface area (Å²) in [5, 5.41) is 11.7. The van der Waals surface area contributed by atoms with E-state index >= 15 is 0 Å². The van der Waals surface area contributed by atoms with Crippen molar-refractivity contribution in [2.45, 2.75) is 13.8 Å². The summed E-state index contributed by atoms with van der Waals surface area (Å²) in [6.07, 6.45) is 0. The lowest BCUT2D eigenvalue weighted by Gasteiger charge is -2.11. The van der Waals surface area contributed by atoms with Gasteiger partial charge in [0.25, 0.3) is 5.91 Å². The number of nitrogens with one attached hydrogen (secondary N) is 1. The van der Waals surface area contributed by atoms with Crippen LogP contribution in [0.1, 0.15) is 27.3 Å². The third-order valence-corrected chi connectivity index (χ3v) is 3.93. The first-order valence-electron chi connectivity index (χ1n) is 7.65. The molecule has 0 saturated heterocycles. The molecule has 1 N–H and O–H groups in total. The smallest absolute Gasteiger partial charge is 0.255 e. The largest absolute Gasteiger partial charge is 0.322 e. The van der Waals surface area contributed by atoms with Crippen molar-refractivity contribution in [1.82, 2.24) is 4.57 Å². The van der Waals surface area contributed by atoms with Crippen LogP contribution in [0.15, 0.2) is 60.7 Å². The van der Waals surface area contributed by atoms with Crippen molar-refractivity contribution in [3.05, 3.63) is 83.2 Å². The molecule has 3 aromatic rings. The second kappa shape index (κ2) is 6.43. The SMILES string of the molecule is Cc1ccc(C)n1-c1ccc(NC(=O)c2ccc(C#N)cc2)cc1. The molecule has 24 heavy (non-hydrogen) atoms. The molecule has 0 aliphatic carbocycles. The molecular formula is C20H17N3O. The summed E-state index contributed by atoms with van der Waals surface area (Å²) in [6, 6.07) is 20.5. The van der Waals surface area contributed by atoms with Crippen LogP contribution in [0.4, 0.5) is 5.69 Å². The average Bonchev–Trinajstić information content (AvgIpc) is 2.94. The van der Waals surface area contributed by atoms with Crippen LogP contribution in [0.2, 0.25) is 0 Å². The zero-order chi connectivity index (χ0) is 17.1. The number of nitrogens with zero attached hydrogens (tertiary/aromatic N) is 2. The van der Waals surface area contributed by atoms with Crippen molar-refractivity contribution in [3.8, 4) is 11.8 Å². The number of carbonyl (C=O) groups is 1. The molecule has 0 bridgehead atoms. The normalized spacial score (nSPS) is 10.2. The number of aromatic nitrogens is 1. The predicted molar refractivity (Wildman–Crippen MR) is 94.4 cm³/mol. The molecule has 0 unspecified atom stereocenters. The van der Waals surface area contributed by atoms with Gasteiger partial charge in [0.1, 0.15) is 0 Å². The molecule has 0 atom stereocenters. The van der Waals surface area contributed by atoms with Crippen LogP contribution in [0.25, 0.3) is 5.69 Å². The number of rotatable bonds is 3. The second-order valence-electron chi connectivity index (χ2n) is 5.64. The molecular weight excluding hydrogens is 298 g/mol. The van der Waals surface area contributed by atoms with Crippen LogP contribution in [-0.2, 0) is 0 Å². The lowest BCUT2D eigenvalue weighted by molar-refractivity contribution is 0.102. The summed E-state index contributed by atoms with van der Waals surface area (Å²) in [6.45, 7) is 4.13. The standard InChI is InChI=1S/C20H17N3O/c1-14-3-4-15(2)23(14)19-11-9-18(10-12-19)22-20(24)17-7-5-16(13-21)6-8-17/h3-12H,1-2H3,(H,22,24). The van der Waals surface area contributed by atoms with Crippen LogP contribution in [0, 0.1) is 25.2 Å². The highest BCUT2D eigenvalue weighted by molar-refractivity contribution is 6.04. The highest BCUT2D eigenvalue weighted by atomic mass is 16.1. The summed E-state index contributed by atoms with van der Waals surface area (Å²) < 4.78 is 2.16. The van der Waals surface area contributed by atoms with Crippen LogP contribution in [0.3, 0.4) is 0 Å². The van der Waals surface area contributed by atoms with E-state index in [0.29, 0.717) is 11.1 Å². The van der Waals surface area contributed by atoms with Gasteiger partial charge in [0, 0.05) is 28.3 Å². The Morgan fingerprint density at radius 3 is 2.04 bits per heavy atom. The minimum absolute atomic E-state index is 0.194. The number of aryl methyl sites for hydroxylation is 2. The second-order valence-corrected chi connectivity index (χ2v) is 5.64. The first-order chi connectivity index (χ1) is 11.6. The Bertz CT molecular complexity index is 894. The Balaban J connectivity index is 1.76. The number of carbonyl (C=O) groups excluding carboxylic acids is 1. The van der Waals surface area contributed by atoms with Crippen LogP contribution < -0.4 is 5.32 Å². The Hall–Kier alpha value is -3.32. The molecule has 0 saturated carbocycles. The molecule has 2 aromatic carbocycles. The zero-order valence-corrected chi connectivity index (χ0v) is 13.6. The zero-order valence-electron chi connectivity index (χ0n) is 13.6. The van der Waals surface area contributed by atoms with E-state index in [1.165, 1.54) is 11.4 Å². The number of amides is 1. The first-order valence-corrected chi connectivity index (χ1v) is 7.65. The van der Waals surface area contributed by atoms with Crippen molar-refractivity contribution in [2.75, 3.05) is 5.32 Å². The van der Waals surface area contributed by atoms with Crippen LogP contribution >= 0.6 is 0 Å². The van der Waals surface area contributed by atoms with Gasteiger partial charge in [-0.3, -0.25) is 4.79 Å². The van der Waals surface area contributed by atoms with Crippen molar-refractivity contribution in [3.63, 3.8) is 0 Å². The molecule has 0 aliphatic rings. The van der Waals surface area contributed by atoms with Gasteiger partial charge in [0.15, 0.2) is 0 Å². The molecule has 4 nitrogen and oxygen atoms in total. The van der Waals surface area contributed by atoms with E-state index in [4.69, 9.17) is 5.26 Å². The lowest BCUT2D eigenvalue weighted by Crippen LogP contribution is -2.11. The number of benzene rings is 2. The fraction of sp³-hybridized carbons (Fsp3) is 0.100. The van der Waals surface area contributed by atoms with Crippen LogP contribution in [-0.4, -0.2) is 10.5 Å². The van der Waals surface area contributed by atoms with E-state index in [1.807, 2.05) is 30.3 Å². The maximum atomic E-state index is 12.2. The van der Waals surface area contributed by atoms with Gasteiger partial charge in [0.2, 0.25) is 0 Å². The molecule has 118 valence electrons. The molecule has 4 heteroatoms. The summed E-state index contributed by atoms with van der Waals surface area (Å²) in [5.74, 6) is -0.194. The number of anilines is 1. The van der Waals surface area contributed by atoms with Gasteiger partial charge >= 0.3 is 0 Å². The van der Waals surface area contributed by atoms with E-state index < -0.39 is 0 Å². The highest BCUT2D eigenvalue weighted by Crippen LogP contribution is 2.19. The third kappa shape index (κ3) is 3.06. The summed E-state index contributed by atoms with van der Waals surface area (Å²) >= 11 is 0. The Labute approximate surface area is 141 Å². The maximum absolute atomic E-state index is 12.2. The van der Waals surface area contributed by atoms with E-state index in [-0.39, 0.29) is 5.91 Å². The van der Waals surface area contributed by atoms with E-state index in [2.05, 4.69) is 35.9 Å². The number of hydrogen-bond acceptors (Lipinski definition) is 2. The lowest BCUT2D eigenvalue weighted by atomic mass is 10.1. The Kier molecular flexibility index (Phi) is 4.17. The Morgan fingerprint density at radius 2 is 1.50 bits per heavy atom. The minimum Gasteiger partial charge on any atom is -0.322 e. The molecule has 0 radical (unpaired) electrons. The molecule has 1 aromatic heterocycles. The third-order valence-electron chi connectivity index (χ3n) is 3.93. The first kappa shape index (κ1) is 15.6. The number of hydrogen-bond donors (Lipinski definition) is 1. The number of nitriles is 1. The summed E-state index contributed by atoms with van der Waals surface area (Å²) in [4.78, 5) is 12.2. The monoisotopic (exact) mass is 315 g/mol. The minimum atomic E-state index is -0.194. The molecule has 1 amide bonds. The van der Waals surface area contributed by atoms with Crippen LogP contribution in [0.5, 0.6) is 0 Å². The van der Waals surface area contributed by atoms with Gasteiger partial charge in [-0.05, 0) is 74.5 Å². The molecule has 0 aliphatic heterocycles. The molecule has 0 fully saturated rings. The van der Waals surface area contributed by atoms with Gasteiger partial charge in [-0.1, -0.05) is 0 Å². The average molecular weight is 315 g/mol. The van der Waals surface area contributed by atoms with Gasteiger partial charge < -0.3 is 9.88 Å². The van der Waals surface area contributed by atoms with Crippen molar-refractivity contribution < 1.29 is 4.79 Å². The highest BCUT2D eigenvalue weighted by Gasteiger charge is 2.07. The predicted octanol–water partition coefficient (Wildman–Crippen LogP) is 4.22. The van der Waals surface area contributed by atoms with E-state index in [1.54, 1.807) is 24.3 Å². The maximum Gasteiger partial charge on any atom is 0.255 e. The fourth-order valence-corrected chi connectivity index (χ4v) is 2.67. The van der Waals surface area contributed by atoms with Gasteiger partial charge in [-0.25, -0.2) is 0 Å². The molecule has 3 rings (SSSR count). The Morgan fingerprint density at radius 1 is 0.917 bits per heavy atom. The molecule has 1 heterocycles. The van der Waals surface area contributed by atoms with Gasteiger partial charge in [-0.15, -0.1) is 0 Å². The van der Waals surface area contributed by atoms with Crippen molar-refractivity contribution >= 4 is 11.6 Å². The summed E-state index contributed by atoms with van der Waals surface area (Å²) in [7, 11) is 0. The fourth-order valence-electron chi connectivity index (χ4n) is 2.67. The van der Waals surface area contributed by atoms with Gasteiger partial charge in [-0.2, -0.15) is 5.26 Å². The topological polar surface area (TPSA) is 57.8 Å². The van der Waals surface area contributed by atoms with E-state index in [0.717, 1.165) is 11.4 Å². The van der Waals surface area contributed by atoms with Crippen molar-refractivity contribution in [2.24, 2.45) is 0 Å².